The molecule has 1 amide bonds. The lowest BCUT2D eigenvalue weighted by atomic mass is 10.2. The number of benzene rings is 2. The van der Waals surface area contributed by atoms with E-state index in [4.69, 9.17) is 4.74 Å². The molecule has 1 unspecified atom stereocenters. The maximum atomic E-state index is 13.0. The Kier molecular flexibility index (Phi) is 4.58. The lowest BCUT2D eigenvalue weighted by Gasteiger charge is -2.16. The molecule has 21 heavy (non-hydrogen) atoms. The zero-order valence-corrected chi connectivity index (χ0v) is 12.3. The predicted octanol–water partition coefficient (Wildman–Crippen LogP) is 3.85. The number of carbonyl (C=O) groups is 1. The summed E-state index contributed by atoms with van der Waals surface area (Å²) in [7, 11) is 0. The van der Waals surface area contributed by atoms with Crippen LogP contribution in [0.2, 0.25) is 0 Å². The Morgan fingerprint density at radius 2 is 1.81 bits per heavy atom. The Balaban J connectivity index is 2.00. The van der Waals surface area contributed by atoms with Crippen molar-refractivity contribution in [1.82, 2.24) is 0 Å². The van der Waals surface area contributed by atoms with Crippen LogP contribution in [0.25, 0.3) is 0 Å². The van der Waals surface area contributed by atoms with E-state index < -0.39 is 6.10 Å². The first-order valence-electron chi connectivity index (χ1n) is 6.76. The molecule has 2 aromatic rings. The quantitative estimate of drug-likeness (QED) is 0.927. The first-order valence-corrected chi connectivity index (χ1v) is 6.76. The average molecular weight is 287 g/mol. The first-order chi connectivity index (χ1) is 9.95. The highest BCUT2D eigenvalue weighted by Gasteiger charge is 2.15. The Morgan fingerprint density at radius 3 is 2.43 bits per heavy atom. The van der Waals surface area contributed by atoms with Gasteiger partial charge in [-0.05, 0) is 56.7 Å². The maximum absolute atomic E-state index is 13.0. The second kappa shape index (κ2) is 6.39. The number of rotatable bonds is 4. The Labute approximate surface area is 123 Å². The van der Waals surface area contributed by atoms with E-state index in [2.05, 4.69) is 5.32 Å². The molecule has 2 aromatic carbocycles. The summed E-state index contributed by atoms with van der Waals surface area (Å²) in [5.41, 5.74) is 2.38. The average Bonchev–Trinajstić information content (AvgIpc) is 2.44. The van der Waals surface area contributed by atoms with Crippen LogP contribution in [0.3, 0.4) is 0 Å². The molecule has 0 bridgehead atoms. The number of hydrogen-bond acceptors (Lipinski definition) is 2. The highest BCUT2D eigenvalue weighted by atomic mass is 19.1. The second-order valence-electron chi connectivity index (χ2n) is 5.02. The van der Waals surface area contributed by atoms with Crippen molar-refractivity contribution in [2.75, 3.05) is 5.32 Å². The van der Waals surface area contributed by atoms with E-state index in [0.717, 1.165) is 5.56 Å². The van der Waals surface area contributed by atoms with Crippen LogP contribution in [-0.2, 0) is 4.79 Å². The van der Waals surface area contributed by atoms with Gasteiger partial charge in [-0.15, -0.1) is 0 Å². The van der Waals surface area contributed by atoms with Gasteiger partial charge in [0.1, 0.15) is 11.6 Å². The minimum absolute atomic E-state index is 0.273. The van der Waals surface area contributed by atoms with Gasteiger partial charge in [0.2, 0.25) is 0 Å². The molecule has 0 saturated carbocycles. The molecule has 1 atom stereocenters. The van der Waals surface area contributed by atoms with E-state index in [1.54, 1.807) is 19.9 Å². The third-order valence-electron chi connectivity index (χ3n) is 3.15. The number of amides is 1. The van der Waals surface area contributed by atoms with Crippen molar-refractivity contribution < 1.29 is 13.9 Å². The molecule has 0 aliphatic rings. The normalized spacial score (nSPS) is 11.8. The Bertz CT molecular complexity index is 638. The van der Waals surface area contributed by atoms with Crippen LogP contribution >= 0.6 is 0 Å². The van der Waals surface area contributed by atoms with E-state index in [-0.39, 0.29) is 11.7 Å². The molecule has 110 valence electrons. The van der Waals surface area contributed by atoms with Gasteiger partial charge in [-0.1, -0.05) is 17.7 Å². The van der Waals surface area contributed by atoms with Gasteiger partial charge in [0.05, 0.1) is 0 Å². The fourth-order valence-electron chi connectivity index (χ4n) is 1.88. The van der Waals surface area contributed by atoms with Gasteiger partial charge in [-0.2, -0.15) is 0 Å². The minimum atomic E-state index is -0.642. The van der Waals surface area contributed by atoms with E-state index in [1.807, 2.05) is 31.2 Å². The Morgan fingerprint density at radius 1 is 1.14 bits per heavy atom. The minimum Gasteiger partial charge on any atom is -0.481 e. The molecule has 0 radical (unpaired) electrons. The molecule has 1 N–H and O–H groups in total. The molecule has 3 nitrogen and oxygen atoms in total. The molecule has 0 fully saturated rings. The summed E-state index contributed by atoms with van der Waals surface area (Å²) in [6.45, 7) is 5.40. The zero-order chi connectivity index (χ0) is 15.4. The fourth-order valence-corrected chi connectivity index (χ4v) is 1.88. The van der Waals surface area contributed by atoms with E-state index in [1.165, 1.54) is 12.1 Å². The third kappa shape index (κ3) is 4.05. The van der Waals surface area contributed by atoms with Crippen LogP contribution < -0.4 is 10.1 Å². The van der Waals surface area contributed by atoms with Crippen molar-refractivity contribution in [1.29, 1.82) is 0 Å². The van der Waals surface area contributed by atoms with Crippen molar-refractivity contribution in [2.45, 2.75) is 26.9 Å². The molecule has 4 heteroatoms. The highest BCUT2D eigenvalue weighted by molar-refractivity contribution is 5.94. The molecule has 0 aromatic heterocycles. The number of ether oxygens (including phenoxy) is 1. The van der Waals surface area contributed by atoms with Gasteiger partial charge in [0.25, 0.3) is 5.91 Å². The van der Waals surface area contributed by atoms with E-state index in [0.29, 0.717) is 17.0 Å². The van der Waals surface area contributed by atoms with Gasteiger partial charge in [0, 0.05) is 5.69 Å². The third-order valence-corrected chi connectivity index (χ3v) is 3.15. The molecule has 0 saturated heterocycles. The maximum Gasteiger partial charge on any atom is 0.265 e. The van der Waals surface area contributed by atoms with Crippen molar-refractivity contribution in [3.63, 3.8) is 0 Å². The Hall–Kier alpha value is -2.36. The molecular weight excluding hydrogens is 269 g/mol. The number of nitrogens with one attached hydrogen (secondary N) is 1. The molecule has 0 heterocycles. The number of hydrogen-bond donors (Lipinski definition) is 1. The number of carbonyl (C=O) groups excluding carboxylic acids is 1. The molecule has 2 rings (SSSR count). The topological polar surface area (TPSA) is 38.3 Å². The summed E-state index contributed by atoms with van der Waals surface area (Å²) in [6, 6.07) is 11.7. The molecule has 0 aliphatic heterocycles. The van der Waals surface area contributed by atoms with Gasteiger partial charge in [-0.3, -0.25) is 4.79 Å². The lowest BCUT2D eigenvalue weighted by molar-refractivity contribution is -0.122. The SMILES string of the molecule is Cc1ccc(OC(C)C(=O)Nc2ccc(F)cc2C)cc1. The van der Waals surface area contributed by atoms with Crippen LogP contribution in [0.4, 0.5) is 10.1 Å². The summed E-state index contributed by atoms with van der Waals surface area (Å²) in [6.07, 6.45) is -0.642. The fraction of sp³-hybridized carbons (Fsp3) is 0.235. The van der Waals surface area contributed by atoms with Crippen molar-refractivity contribution in [3.05, 3.63) is 59.4 Å². The van der Waals surface area contributed by atoms with Crippen LogP contribution in [0.1, 0.15) is 18.1 Å². The smallest absolute Gasteiger partial charge is 0.265 e. The number of aryl methyl sites for hydroxylation is 2. The van der Waals surface area contributed by atoms with Gasteiger partial charge >= 0.3 is 0 Å². The first kappa shape index (κ1) is 15.0. The summed E-state index contributed by atoms with van der Waals surface area (Å²) < 4.78 is 18.6. The van der Waals surface area contributed by atoms with Crippen LogP contribution in [0.15, 0.2) is 42.5 Å². The second-order valence-corrected chi connectivity index (χ2v) is 5.02. The molecular formula is C17H18FNO2. The summed E-state index contributed by atoms with van der Waals surface area (Å²) >= 11 is 0. The van der Waals surface area contributed by atoms with Crippen LogP contribution in [-0.4, -0.2) is 12.0 Å². The summed E-state index contributed by atoms with van der Waals surface area (Å²) in [4.78, 5) is 12.1. The van der Waals surface area contributed by atoms with Gasteiger partial charge in [-0.25, -0.2) is 4.39 Å². The van der Waals surface area contributed by atoms with Gasteiger partial charge in [0.15, 0.2) is 6.10 Å². The predicted molar refractivity (Wildman–Crippen MR) is 81.0 cm³/mol. The zero-order valence-electron chi connectivity index (χ0n) is 12.3. The van der Waals surface area contributed by atoms with Crippen molar-refractivity contribution >= 4 is 11.6 Å². The largest absolute Gasteiger partial charge is 0.481 e. The highest BCUT2D eigenvalue weighted by Crippen LogP contribution is 2.17. The van der Waals surface area contributed by atoms with Crippen molar-refractivity contribution in [3.8, 4) is 5.75 Å². The van der Waals surface area contributed by atoms with E-state index in [9.17, 15) is 9.18 Å². The summed E-state index contributed by atoms with van der Waals surface area (Å²) in [5.74, 6) is 0.0406. The molecule has 0 spiro atoms. The van der Waals surface area contributed by atoms with Gasteiger partial charge < -0.3 is 10.1 Å². The summed E-state index contributed by atoms with van der Waals surface area (Å²) in [5, 5.41) is 2.74. The molecule has 0 aliphatic carbocycles. The van der Waals surface area contributed by atoms with Crippen LogP contribution in [0, 0.1) is 19.7 Å². The lowest BCUT2D eigenvalue weighted by Crippen LogP contribution is -2.30. The standard InChI is InChI=1S/C17H18FNO2/c1-11-4-7-15(8-5-11)21-13(3)17(20)19-16-9-6-14(18)10-12(16)2/h4-10,13H,1-3H3,(H,19,20). The van der Waals surface area contributed by atoms with Crippen molar-refractivity contribution in [2.24, 2.45) is 0 Å². The monoisotopic (exact) mass is 287 g/mol. The number of anilines is 1. The van der Waals surface area contributed by atoms with Crippen LogP contribution in [0.5, 0.6) is 5.75 Å². The van der Waals surface area contributed by atoms with E-state index >= 15 is 0 Å². The number of halogens is 1.